The molecule has 3 N–H and O–H groups in total. The molecule has 0 saturated heterocycles. The molecule has 3 heteroatoms. The fraction of sp³-hybridized carbons (Fsp3) is 0.364. The van der Waals surface area contributed by atoms with E-state index in [4.69, 9.17) is 11.0 Å². The summed E-state index contributed by atoms with van der Waals surface area (Å²) in [6.07, 6.45) is -0.609. The van der Waals surface area contributed by atoms with Crippen molar-refractivity contribution in [2.75, 3.05) is 0 Å². The Hall–Kier alpha value is -1.37. The van der Waals surface area contributed by atoms with Gasteiger partial charge in [-0.05, 0) is 31.0 Å². The molecule has 74 valence electrons. The Labute approximate surface area is 83.8 Å². The summed E-state index contributed by atoms with van der Waals surface area (Å²) in [5.41, 5.74) is 8.10. The normalized spacial score (nSPS) is 14.5. The molecule has 1 aromatic rings. The minimum Gasteiger partial charge on any atom is -0.391 e. The Kier molecular flexibility index (Phi) is 3.23. The smallest absolute Gasteiger partial charge is 0.0994 e. The molecule has 0 aromatic heterocycles. The van der Waals surface area contributed by atoms with E-state index < -0.39 is 12.1 Å². The maximum atomic E-state index is 9.35. The lowest BCUT2D eigenvalue weighted by Gasteiger charge is -2.17. The van der Waals surface area contributed by atoms with Crippen LogP contribution in [0.4, 0.5) is 0 Å². The molecule has 0 aliphatic heterocycles. The second-order valence-electron chi connectivity index (χ2n) is 3.40. The molecule has 0 heterocycles. The van der Waals surface area contributed by atoms with Gasteiger partial charge in [0.05, 0.1) is 23.8 Å². The summed E-state index contributed by atoms with van der Waals surface area (Å²) in [5, 5.41) is 18.2. The van der Waals surface area contributed by atoms with Gasteiger partial charge in [0.15, 0.2) is 0 Å². The molecular formula is C11H14N2O. The van der Waals surface area contributed by atoms with Gasteiger partial charge in [0.2, 0.25) is 0 Å². The Morgan fingerprint density at radius 2 is 2.14 bits per heavy atom. The molecule has 0 saturated carbocycles. The quantitative estimate of drug-likeness (QED) is 0.737. The van der Waals surface area contributed by atoms with Crippen molar-refractivity contribution in [3.63, 3.8) is 0 Å². The highest BCUT2D eigenvalue weighted by molar-refractivity contribution is 5.43. The zero-order valence-electron chi connectivity index (χ0n) is 8.36. The van der Waals surface area contributed by atoms with Crippen LogP contribution >= 0.6 is 0 Å². The van der Waals surface area contributed by atoms with Gasteiger partial charge in [-0.1, -0.05) is 12.1 Å². The van der Waals surface area contributed by atoms with Gasteiger partial charge < -0.3 is 10.8 Å². The lowest BCUT2D eigenvalue weighted by Crippen LogP contribution is -2.24. The van der Waals surface area contributed by atoms with Gasteiger partial charge in [0.25, 0.3) is 0 Å². The number of nitrogens with two attached hydrogens (primary N) is 1. The number of rotatable bonds is 2. The Bertz CT molecular complexity index is 366. The molecule has 1 aromatic carbocycles. The van der Waals surface area contributed by atoms with Crippen molar-refractivity contribution in [2.24, 2.45) is 5.73 Å². The summed E-state index contributed by atoms with van der Waals surface area (Å²) in [7, 11) is 0. The van der Waals surface area contributed by atoms with Gasteiger partial charge in [0, 0.05) is 0 Å². The van der Waals surface area contributed by atoms with E-state index in [2.05, 4.69) is 6.07 Å². The molecule has 1 rings (SSSR count). The van der Waals surface area contributed by atoms with Crippen molar-refractivity contribution in [3.8, 4) is 6.07 Å². The van der Waals surface area contributed by atoms with E-state index in [1.54, 1.807) is 19.1 Å². The van der Waals surface area contributed by atoms with Crippen LogP contribution in [0.5, 0.6) is 0 Å². The van der Waals surface area contributed by atoms with Crippen LogP contribution in [0.2, 0.25) is 0 Å². The molecule has 0 aliphatic rings. The number of aliphatic hydroxyl groups is 1. The van der Waals surface area contributed by atoms with Crippen molar-refractivity contribution >= 4 is 0 Å². The van der Waals surface area contributed by atoms with Crippen LogP contribution in [0.3, 0.4) is 0 Å². The second-order valence-corrected chi connectivity index (χ2v) is 3.40. The highest BCUT2D eigenvalue weighted by Crippen LogP contribution is 2.20. The van der Waals surface area contributed by atoms with Crippen molar-refractivity contribution < 1.29 is 5.11 Å². The number of hydrogen-bond acceptors (Lipinski definition) is 3. The maximum absolute atomic E-state index is 9.35. The average Bonchev–Trinajstić information content (AvgIpc) is 2.17. The molecule has 0 unspecified atom stereocenters. The third-order valence-corrected chi connectivity index (χ3v) is 2.37. The number of hydrogen-bond donors (Lipinski definition) is 2. The first-order valence-corrected chi connectivity index (χ1v) is 4.51. The predicted molar refractivity (Wildman–Crippen MR) is 54.5 cm³/mol. The third kappa shape index (κ3) is 1.92. The Morgan fingerprint density at radius 3 is 2.64 bits per heavy atom. The van der Waals surface area contributed by atoms with Crippen LogP contribution in [0.25, 0.3) is 0 Å². The lowest BCUT2D eigenvalue weighted by atomic mass is 9.95. The van der Waals surface area contributed by atoms with E-state index in [0.29, 0.717) is 5.56 Å². The minimum atomic E-state index is -0.609. The average molecular weight is 190 g/mol. The summed E-state index contributed by atoms with van der Waals surface area (Å²) in [5.74, 6) is 0. The summed E-state index contributed by atoms with van der Waals surface area (Å²) >= 11 is 0. The molecule has 0 spiro atoms. The number of nitriles is 1. The molecule has 2 atom stereocenters. The van der Waals surface area contributed by atoms with Gasteiger partial charge in [0.1, 0.15) is 0 Å². The predicted octanol–water partition coefficient (Wildman–Crippen LogP) is 1.25. The van der Waals surface area contributed by atoms with Gasteiger partial charge in [-0.3, -0.25) is 0 Å². The van der Waals surface area contributed by atoms with Gasteiger partial charge >= 0.3 is 0 Å². The molecule has 0 fully saturated rings. The van der Waals surface area contributed by atoms with Crippen LogP contribution < -0.4 is 5.73 Å². The number of nitrogens with zero attached hydrogens (tertiary/aromatic N) is 1. The molecule has 3 nitrogen and oxygen atoms in total. The first-order valence-electron chi connectivity index (χ1n) is 4.51. The van der Waals surface area contributed by atoms with Crippen molar-refractivity contribution in [3.05, 3.63) is 34.9 Å². The molecule has 0 aliphatic carbocycles. The van der Waals surface area contributed by atoms with E-state index in [9.17, 15) is 5.11 Å². The number of benzene rings is 1. The monoisotopic (exact) mass is 190 g/mol. The lowest BCUT2D eigenvalue weighted by molar-refractivity contribution is 0.164. The molecule has 0 bridgehead atoms. The zero-order chi connectivity index (χ0) is 10.7. The van der Waals surface area contributed by atoms with Gasteiger partial charge in [-0.25, -0.2) is 0 Å². The highest BCUT2D eigenvalue weighted by Gasteiger charge is 2.15. The van der Waals surface area contributed by atoms with Crippen molar-refractivity contribution in [1.82, 2.24) is 0 Å². The first-order chi connectivity index (χ1) is 6.57. The van der Waals surface area contributed by atoms with Crippen molar-refractivity contribution in [1.29, 1.82) is 5.26 Å². The summed E-state index contributed by atoms with van der Waals surface area (Å²) in [6, 6.07) is 7.03. The fourth-order valence-corrected chi connectivity index (χ4v) is 1.40. The van der Waals surface area contributed by atoms with Gasteiger partial charge in [-0.15, -0.1) is 0 Å². The Balaban J connectivity index is 3.17. The molecule has 0 radical (unpaired) electrons. The van der Waals surface area contributed by atoms with Crippen LogP contribution in [-0.2, 0) is 0 Å². The standard InChI is InChI=1S/C11H14N2O/c1-7-9(6-12)4-3-5-10(7)11(13)8(2)14/h3-5,8,11,14H,13H2,1-2H3/t8-,11-/m0/s1. The number of aliphatic hydroxyl groups excluding tert-OH is 1. The Morgan fingerprint density at radius 1 is 1.50 bits per heavy atom. The third-order valence-electron chi connectivity index (χ3n) is 2.37. The SMILES string of the molecule is Cc1c(C#N)cccc1[C@@H](N)[C@H](C)O. The van der Waals surface area contributed by atoms with E-state index in [1.807, 2.05) is 13.0 Å². The molecular weight excluding hydrogens is 176 g/mol. The largest absolute Gasteiger partial charge is 0.391 e. The van der Waals surface area contributed by atoms with Crippen LogP contribution in [0.15, 0.2) is 18.2 Å². The summed E-state index contributed by atoms with van der Waals surface area (Å²) < 4.78 is 0. The van der Waals surface area contributed by atoms with E-state index in [1.165, 1.54) is 0 Å². The van der Waals surface area contributed by atoms with E-state index in [-0.39, 0.29) is 0 Å². The summed E-state index contributed by atoms with van der Waals surface area (Å²) in [4.78, 5) is 0. The minimum absolute atomic E-state index is 0.428. The molecule has 0 amide bonds. The molecule has 14 heavy (non-hydrogen) atoms. The first kappa shape index (κ1) is 10.7. The van der Waals surface area contributed by atoms with Crippen LogP contribution in [0, 0.1) is 18.3 Å². The topological polar surface area (TPSA) is 70.0 Å². The summed E-state index contributed by atoms with van der Waals surface area (Å²) in [6.45, 7) is 3.49. The van der Waals surface area contributed by atoms with Crippen molar-refractivity contribution in [2.45, 2.75) is 26.0 Å². The van der Waals surface area contributed by atoms with Crippen LogP contribution in [-0.4, -0.2) is 11.2 Å². The van der Waals surface area contributed by atoms with Crippen LogP contribution in [0.1, 0.15) is 29.7 Å². The van der Waals surface area contributed by atoms with E-state index in [0.717, 1.165) is 11.1 Å². The van der Waals surface area contributed by atoms with Gasteiger partial charge in [-0.2, -0.15) is 5.26 Å². The zero-order valence-corrected chi connectivity index (χ0v) is 8.36. The fourth-order valence-electron chi connectivity index (χ4n) is 1.40. The maximum Gasteiger partial charge on any atom is 0.0994 e. The highest BCUT2D eigenvalue weighted by atomic mass is 16.3. The second kappa shape index (κ2) is 4.23. The van der Waals surface area contributed by atoms with E-state index >= 15 is 0 Å².